The van der Waals surface area contributed by atoms with Crippen LogP contribution in [0.2, 0.25) is 32.1 Å². The zero-order chi connectivity index (χ0) is 14.6. The Hall–Kier alpha value is 0.842. The molecule has 2 nitrogen and oxygen atoms in total. The summed E-state index contributed by atoms with van der Waals surface area (Å²) in [5.74, 6) is 7.62. The van der Waals surface area contributed by atoms with Crippen LogP contribution in [0.3, 0.4) is 0 Å². The van der Waals surface area contributed by atoms with Gasteiger partial charge in [-0.05, 0) is 0 Å². The maximum atomic E-state index is 5.52. The second kappa shape index (κ2) is 7.58. The van der Waals surface area contributed by atoms with Crippen molar-refractivity contribution in [2.75, 3.05) is 26.8 Å². The first-order chi connectivity index (χ1) is 8.09. The number of likely N-dealkylation sites (N-methyl/N-ethyl adjacent to an activating group) is 1. The minimum absolute atomic E-state index is 0.799. The molecule has 0 rings (SSSR count). The average molecular weight is 423 g/mol. The van der Waals surface area contributed by atoms with Crippen molar-refractivity contribution in [1.82, 2.24) is 4.90 Å². The van der Waals surface area contributed by atoms with E-state index in [1.165, 1.54) is 0 Å². The van der Waals surface area contributed by atoms with E-state index in [9.17, 15) is 0 Å². The fourth-order valence-electron chi connectivity index (χ4n) is 3.05. The SMILES string of the molecule is CCN(CC)/C(COC)=[C](\[Ge]([CH3])([CH3])[CH3])[Sn]([CH3])([CH3])[CH3]. The number of nitrogens with zero attached hydrogens (tertiary/aromatic N) is 1. The van der Waals surface area contributed by atoms with E-state index < -0.39 is 31.6 Å². The predicted octanol–water partition coefficient (Wildman–Crippen LogP) is 3.98. The van der Waals surface area contributed by atoms with Gasteiger partial charge in [-0.1, -0.05) is 0 Å². The van der Waals surface area contributed by atoms with E-state index in [1.807, 2.05) is 9.53 Å². The molecule has 0 aromatic heterocycles. The Bertz CT molecular complexity index is 269. The van der Waals surface area contributed by atoms with E-state index in [0.29, 0.717) is 0 Å². The van der Waals surface area contributed by atoms with Gasteiger partial charge in [-0.3, -0.25) is 0 Å². The van der Waals surface area contributed by atoms with E-state index in [4.69, 9.17) is 4.74 Å². The second-order valence-corrected chi connectivity index (χ2v) is 34.7. The molecule has 0 radical (unpaired) electrons. The zero-order valence-corrected chi connectivity index (χ0v) is 18.9. The van der Waals surface area contributed by atoms with Gasteiger partial charge in [-0.25, -0.2) is 0 Å². The summed E-state index contributed by atoms with van der Waals surface area (Å²) in [5.41, 5.74) is 1.54. The first-order valence-electron chi connectivity index (χ1n) is 7.07. The third kappa shape index (κ3) is 5.45. The Morgan fingerprint density at radius 2 is 1.50 bits per heavy atom. The van der Waals surface area contributed by atoms with Crippen molar-refractivity contribution in [2.45, 2.75) is 45.9 Å². The van der Waals surface area contributed by atoms with Gasteiger partial charge in [0.1, 0.15) is 0 Å². The van der Waals surface area contributed by atoms with Crippen molar-refractivity contribution >= 4 is 31.6 Å². The van der Waals surface area contributed by atoms with E-state index in [2.05, 4.69) is 50.8 Å². The van der Waals surface area contributed by atoms with Crippen LogP contribution >= 0.6 is 0 Å². The van der Waals surface area contributed by atoms with Gasteiger partial charge >= 0.3 is 122 Å². The maximum absolute atomic E-state index is 5.52. The molecular weight excluding hydrogens is 389 g/mol. The first kappa shape index (κ1) is 18.8. The average Bonchev–Trinajstić information content (AvgIpc) is 2.15. The fraction of sp³-hybridized carbons (Fsp3) is 0.857. The molecule has 0 spiro atoms. The fourth-order valence-corrected chi connectivity index (χ4v) is 46.6. The topological polar surface area (TPSA) is 12.5 Å². The molecule has 0 aliphatic carbocycles. The molecule has 0 aromatic carbocycles. The van der Waals surface area contributed by atoms with Crippen molar-refractivity contribution in [3.63, 3.8) is 0 Å². The van der Waals surface area contributed by atoms with Gasteiger partial charge < -0.3 is 0 Å². The van der Waals surface area contributed by atoms with Gasteiger partial charge in [0, 0.05) is 0 Å². The van der Waals surface area contributed by atoms with Gasteiger partial charge in [0.05, 0.1) is 0 Å². The Balaban J connectivity index is 5.86. The summed E-state index contributed by atoms with van der Waals surface area (Å²) in [5, 5.41) is 0. The van der Waals surface area contributed by atoms with Crippen LogP contribution in [0.4, 0.5) is 0 Å². The molecule has 4 heteroatoms. The van der Waals surface area contributed by atoms with Crippen molar-refractivity contribution in [3.05, 3.63) is 8.12 Å². The van der Waals surface area contributed by atoms with Crippen LogP contribution in [0.15, 0.2) is 8.12 Å². The number of methoxy groups -OCH3 is 1. The van der Waals surface area contributed by atoms with Gasteiger partial charge in [0.25, 0.3) is 0 Å². The normalized spacial score (nSPS) is 14.5. The molecule has 0 aliphatic heterocycles. The predicted molar refractivity (Wildman–Crippen MR) is 88.5 cm³/mol. The molecule has 0 saturated carbocycles. The van der Waals surface area contributed by atoms with E-state index in [-0.39, 0.29) is 0 Å². The standard InChI is InChI=1S/C11H24GeNO.3CH3.Sn/c1-7-13(8-2)11(10-14-6)9-12(3,4)5;;;;/h7-8,10H2,1-6H3;3*1H3;. The molecule has 0 unspecified atom stereocenters. The van der Waals surface area contributed by atoms with Crippen molar-refractivity contribution in [3.8, 4) is 0 Å². The Labute approximate surface area is 121 Å². The Morgan fingerprint density at radius 3 is 1.72 bits per heavy atom. The summed E-state index contributed by atoms with van der Waals surface area (Å²) in [4.78, 5) is 10.2. The molecule has 0 fully saturated rings. The molecule has 108 valence electrons. The van der Waals surface area contributed by atoms with E-state index in [1.54, 1.807) is 5.70 Å². The summed E-state index contributed by atoms with van der Waals surface area (Å²) < 4.78 is 7.42. The summed E-state index contributed by atoms with van der Waals surface area (Å²) >= 11 is -3.85. The molecule has 0 atom stereocenters. The van der Waals surface area contributed by atoms with E-state index >= 15 is 0 Å². The van der Waals surface area contributed by atoms with Crippen molar-refractivity contribution in [1.29, 1.82) is 0 Å². The van der Waals surface area contributed by atoms with Gasteiger partial charge in [-0.2, -0.15) is 0 Å². The monoisotopic (exact) mass is 425 g/mol. The number of hydrogen-bond donors (Lipinski definition) is 0. The van der Waals surface area contributed by atoms with Crippen LogP contribution in [0.25, 0.3) is 0 Å². The zero-order valence-electron chi connectivity index (χ0n) is 14.0. The minimum atomic E-state index is -2.06. The molecule has 0 saturated heterocycles. The van der Waals surface area contributed by atoms with E-state index in [0.717, 1.165) is 19.7 Å². The molecular formula is C14H33GeNOSn. The van der Waals surface area contributed by atoms with Gasteiger partial charge in [-0.15, -0.1) is 0 Å². The van der Waals surface area contributed by atoms with Crippen LogP contribution in [0.5, 0.6) is 0 Å². The van der Waals surface area contributed by atoms with Crippen molar-refractivity contribution in [2.24, 2.45) is 0 Å². The van der Waals surface area contributed by atoms with Crippen LogP contribution in [-0.2, 0) is 4.74 Å². The van der Waals surface area contributed by atoms with Crippen LogP contribution in [0, 0.1) is 0 Å². The van der Waals surface area contributed by atoms with Gasteiger partial charge in [0.15, 0.2) is 0 Å². The molecule has 0 heterocycles. The summed E-state index contributed by atoms with van der Waals surface area (Å²) in [7, 11) is 1.83. The van der Waals surface area contributed by atoms with Crippen LogP contribution in [0.1, 0.15) is 13.8 Å². The third-order valence-corrected chi connectivity index (χ3v) is 33.8. The number of ether oxygens (including phenoxy) is 1. The summed E-state index contributed by atoms with van der Waals surface area (Å²) in [6.45, 7) is 7.50. The Morgan fingerprint density at radius 1 is 1.06 bits per heavy atom. The molecule has 0 N–H and O–H groups in total. The molecule has 18 heavy (non-hydrogen) atoms. The summed E-state index contributed by atoms with van der Waals surface area (Å²) in [6, 6.07) is 0. The summed E-state index contributed by atoms with van der Waals surface area (Å²) in [6.07, 6.45) is 0. The quantitative estimate of drug-likeness (QED) is 0.575. The molecule has 0 aliphatic rings. The van der Waals surface area contributed by atoms with Crippen LogP contribution in [-0.4, -0.2) is 63.3 Å². The molecule has 0 aromatic rings. The molecule has 0 amide bonds. The second-order valence-electron chi connectivity index (χ2n) is 6.93. The van der Waals surface area contributed by atoms with Crippen LogP contribution < -0.4 is 0 Å². The Kier molecular flexibility index (Phi) is 7.93. The van der Waals surface area contributed by atoms with Gasteiger partial charge in [0.2, 0.25) is 0 Å². The number of hydrogen-bond acceptors (Lipinski definition) is 2. The van der Waals surface area contributed by atoms with Crippen molar-refractivity contribution < 1.29 is 4.74 Å². The third-order valence-electron chi connectivity index (χ3n) is 3.21. The first-order valence-corrected chi connectivity index (χ1v) is 24.4. The number of rotatable bonds is 7. The molecule has 0 bridgehead atoms.